The molecule has 35 heavy (non-hydrogen) atoms. The monoisotopic (exact) mass is 485 g/mol. The number of nitrogens with zero attached hydrogens (tertiary/aromatic N) is 3. The molecule has 1 saturated heterocycles. The summed E-state index contributed by atoms with van der Waals surface area (Å²) in [6.45, 7) is 3.93. The summed E-state index contributed by atoms with van der Waals surface area (Å²) in [6.07, 6.45) is 0.257. The number of aliphatic carboxylic acids is 2. The molecule has 1 heterocycles. The molecule has 1 aliphatic heterocycles. The third-order valence-electron chi connectivity index (χ3n) is 4.94. The summed E-state index contributed by atoms with van der Waals surface area (Å²) < 4.78 is 0. The maximum atomic E-state index is 13.0. The van der Waals surface area contributed by atoms with Gasteiger partial charge < -0.3 is 20.8 Å². The van der Waals surface area contributed by atoms with Crippen molar-refractivity contribution >= 4 is 41.8 Å². The number of amides is 5. The standard InChI is InChI=1S/C22H23N5O8/c1-11(2)18(21(33)34)25-19(31)16(9-17(29)30)26(12(3)28)27-20(32)15(24-22(27)35)8-13-4-6-14(10-23)7-5-13/h4-8,11,16,18H,9H2,1-3H3,(H,24,35)(H,25,31)(H,29,30)(H,33,34)/t16-,18-/m0/s1. The molecule has 2 atom stereocenters. The normalized spacial score (nSPS) is 15.9. The van der Waals surface area contributed by atoms with Crippen molar-refractivity contribution in [3.8, 4) is 6.07 Å². The van der Waals surface area contributed by atoms with Gasteiger partial charge in [0.1, 0.15) is 17.8 Å². The van der Waals surface area contributed by atoms with Crippen molar-refractivity contribution in [2.75, 3.05) is 0 Å². The van der Waals surface area contributed by atoms with E-state index in [1.54, 1.807) is 0 Å². The molecule has 0 aromatic heterocycles. The van der Waals surface area contributed by atoms with E-state index in [4.69, 9.17) is 5.26 Å². The smallest absolute Gasteiger partial charge is 0.348 e. The highest BCUT2D eigenvalue weighted by atomic mass is 16.4. The van der Waals surface area contributed by atoms with Gasteiger partial charge in [-0.15, -0.1) is 0 Å². The largest absolute Gasteiger partial charge is 0.481 e. The fourth-order valence-corrected chi connectivity index (χ4v) is 3.26. The van der Waals surface area contributed by atoms with Gasteiger partial charge in [0.25, 0.3) is 5.91 Å². The lowest BCUT2D eigenvalue weighted by Gasteiger charge is -2.34. The lowest BCUT2D eigenvalue weighted by atomic mass is 10.0. The first-order valence-corrected chi connectivity index (χ1v) is 10.3. The molecular formula is C22H23N5O8. The quantitative estimate of drug-likeness (QED) is 0.280. The molecule has 0 radical (unpaired) electrons. The van der Waals surface area contributed by atoms with Crippen LogP contribution in [0.2, 0.25) is 0 Å². The number of hydrogen-bond acceptors (Lipinski definition) is 7. The second kappa shape index (κ2) is 10.9. The van der Waals surface area contributed by atoms with Gasteiger partial charge in [0.2, 0.25) is 11.8 Å². The van der Waals surface area contributed by atoms with Crippen molar-refractivity contribution in [3.63, 3.8) is 0 Å². The van der Waals surface area contributed by atoms with Crippen LogP contribution < -0.4 is 10.6 Å². The van der Waals surface area contributed by atoms with Crippen LogP contribution in [-0.4, -0.2) is 68.0 Å². The SMILES string of the molecule is CC(=O)N([C@@H](CC(=O)O)C(=O)N[C@H](C(=O)O)C(C)C)N1C(=O)NC(=Cc2ccc(C#N)cc2)C1=O. The third kappa shape index (κ3) is 6.20. The Labute approximate surface area is 199 Å². The second-order valence-corrected chi connectivity index (χ2v) is 7.88. The first-order valence-electron chi connectivity index (χ1n) is 10.3. The molecule has 184 valence electrons. The lowest BCUT2D eigenvalue weighted by Crippen LogP contribution is -2.61. The van der Waals surface area contributed by atoms with Gasteiger partial charge in [0.15, 0.2) is 0 Å². The molecule has 5 amide bonds. The van der Waals surface area contributed by atoms with Crippen LogP contribution in [0.4, 0.5) is 4.79 Å². The van der Waals surface area contributed by atoms with E-state index in [-0.39, 0.29) is 5.70 Å². The fourth-order valence-electron chi connectivity index (χ4n) is 3.26. The second-order valence-electron chi connectivity index (χ2n) is 7.88. The molecule has 4 N–H and O–H groups in total. The van der Waals surface area contributed by atoms with E-state index < -0.39 is 60.1 Å². The van der Waals surface area contributed by atoms with Gasteiger partial charge in [-0.05, 0) is 29.7 Å². The molecule has 1 aromatic rings. The molecule has 0 unspecified atom stereocenters. The number of rotatable bonds is 9. The molecule has 1 aromatic carbocycles. The summed E-state index contributed by atoms with van der Waals surface area (Å²) in [5.74, 6) is -6.74. The Morgan fingerprint density at radius 1 is 1.17 bits per heavy atom. The number of carboxylic acids is 2. The summed E-state index contributed by atoms with van der Waals surface area (Å²) in [4.78, 5) is 73.9. The third-order valence-corrected chi connectivity index (χ3v) is 4.94. The first-order chi connectivity index (χ1) is 16.4. The fraction of sp³-hybridized carbons (Fsp3) is 0.318. The lowest BCUT2D eigenvalue weighted by molar-refractivity contribution is -0.163. The minimum absolute atomic E-state index is 0.272. The predicted molar refractivity (Wildman–Crippen MR) is 117 cm³/mol. The van der Waals surface area contributed by atoms with E-state index in [1.807, 2.05) is 6.07 Å². The zero-order valence-electron chi connectivity index (χ0n) is 19.0. The highest BCUT2D eigenvalue weighted by Gasteiger charge is 2.45. The summed E-state index contributed by atoms with van der Waals surface area (Å²) in [5, 5.41) is 32.6. The van der Waals surface area contributed by atoms with E-state index in [9.17, 15) is 39.0 Å². The van der Waals surface area contributed by atoms with Crippen molar-refractivity contribution < 1.29 is 39.0 Å². The van der Waals surface area contributed by atoms with Crippen LogP contribution >= 0.6 is 0 Å². The van der Waals surface area contributed by atoms with Crippen molar-refractivity contribution in [3.05, 3.63) is 41.1 Å². The maximum Gasteiger partial charge on any atom is 0.348 e. The average Bonchev–Trinajstić information content (AvgIpc) is 3.04. The number of carbonyl (C=O) groups is 6. The van der Waals surface area contributed by atoms with Gasteiger partial charge in [0, 0.05) is 6.92 Å². The van der Waals surface area contributed by atoms with Gasteiger partial charge in [-0.3, -0.25) is 19.2 Å². The van der Waals surface area contributed by atoms with Crippen LogP contribution in [0.5, 0.6) is 0 Å². The molecule has 1 aliphatic rings. The van der Waals surface area contributed by atoms with Crippen LogP contribution in [0.15, 0.2) is 30.0 Å². The minimum Gasteiger partial charge on any atom is -0.481 e. The van der Waals surface area contributed by atoms with E-state index in [1.165, 1.54) is 44.2 Å². The number of urea groups is 1. The number of hydrazine groups is 1. The van der Waals surface area contributed by atoms with Crippen LogP contribution in [-0.2, 0) is 24.0 Å². The molecule has 0 aliphatic carbocycles. The molecular weight excluding hydrogens is 462 g/mol. The average molecular weight is 485 g/mol. The Bertz CT molecular complexity index is 1140. The number of nitrogens with one attached hydrogen (secondary N) is 2. The van der Waals surface area contributed by atoms with Crippen molar-refractivity contribution in [1.29, 1.82) is 5.26 Å². The number of imide groups is 1. The van der Waals surface area contributed by atoms with Gasteiger partial charge >= 0.3 is 18.0 Å². The molecule has 2 rings (SSSR count). The highest BCUT2D eigenvalue weighted by molar-refractivity contribution is 6.14. The van der Waals surface area contributed by atoms with Crippen LogP contribution in [0.3, 0.4) is 0 Å². The summed E-state index contributed by atoms with van der Waals surface area (Å²) in [7, 11) is 0. The molecule has 13 heteroatoms. The minimum atomic E-state index is -1.91. The highest BCUT2D eigenvalue weighted by Crippen LogP contribution is 2.21. The molecule has 13 nitrogen and oxygen atoms in total. The molecule has 0 bridgehead atoms. The van der Waals surface area contributed by atoms with Gasteiger partial charge in [-0.2, -0.15) is 10.3 Å². The summed E-state index contributed by atoms with van der Waals surface area (Å²) in [6, 6.07) is 3.47. The zero-order valence-corrected chi connectivity index (χ0v) is 19.0. The molecule has 0 saturated carbocycles. The molecule has 1 fully saturated rings. The topological polar surface area (TPSA) is 197 Å². The van der Waals surface area contributed by atoms with Crippen molar-refractivity contribution in [2.24, 2.45) is 5.92 Å². The first kappa shape index (κ1) is 26.5. The van der Waals surface area contributed by atoms with E-state index in [0.717, 1.165) is 6.92 Å². The predicted octanol–water partition coefficient (Wildman–Crippen LogP) is 0.283. The summed E-state index contributed by atoms with van der Waals surface area (Å²) >= 11 is 0. The zero-order chi connectivity index (χ0) is 26.4. The summed E-state index contributed by atoms with van der Waals surface area (Å²) in [5.41, 5.74) is 0.526. The Morgan fingerprint density at radius 2 is 1.77 bits per heavy atom. The van der Waals surface area contributed by atoms with Crippen molar-refractivity contribution in [2.45, 2.75) is 39.3 Å². The number of carbonyl (C=O) groups excluding carboxylic acids is 4. The molecule has 0 spiro atoms. The Balaban J connectivity index is 2.44. The van der Waals surface area contributed by atoms with Gasteiger partial charge in [0.05, 0.1) is 18.1 Å². The van der Waals surface area contributed by atoms with Gasteiger partial charge in [-0.25, -0.2) is 14.6 Å². The van der Waals surface area contributed by atoms with E-state index in [2.05, 4.69) is 10.6 Å². The number of carboxylic acid groups (broad SMARTS) is 2. The van der Waals surface area contributed by atoms with E-state index >= 15 is 0 Å². The number of hydrogen-bond donors (Lipinski definition) is 4. The maximum absolute atomic E-state index is 13.0. The van der Waals surface area contributed by atoms with Crippen LogP contribution in [0, 0.1) is 17.2 Å². The van der Waals surface area contributed by atoms with Crippen LogP contribution in [0.25, 0.3) is 6.08 Å². The van der Waals surface area contributed by atoms with Crippen LogP contribution in [0.1, 0.15) is 38.3 Å². The van der Waals surface area contributed by atoms with Gasteiger partial charge in [-0.1, -0.05) is 26.0 Å². The number of benzene rings is 1. The Morgan fingerprint density at radius 3 is 2.23 bits per heavy atom. The Hall–Kier alpha value is -4.73. The van der Waals surface area contributed by atoms with Crippen molar-refractivity contribution in [1.82, 2.24) is 20.7 Å². The number of nitriles is 1. The van der Waals surface area contributed by atoms with E-state index in [0.29, 0.717) is 21.1 Å². The Kier molecular flexibility index (Phi) is 8.28.